The molecular weight excluding hydrogens is 274 g/mol. The number of likely N-dealkylation sites (tertiary alicyclic amines) is 1. The van der Waals surface area contributed by atoms with Crippen LogP contribution in [0, 0.1) is 0 Å². The third kappa shape index (κ3) is 3.86. The molecule has 0 bridgehead atoms. The lowest BCUT2D eigenvalue weighted by Crippen LogP contribution is -2.54. The molecule has 1 atom stereocenters. The van der Waals surface area contributed by atoms with Gasteiger partial charge in [0, 0.05) is 30.7 Å². The van der Waals surface area contributed by atoms with Gasteiger partial charge in [-0.05, 0) is 52.3 Å². The van der Waals surface area contributed by atoms with E-state index in [0.717, 1.165) is 18.9 Å². The summed E-state index contributed by atoms with van der Waals surface area (Å²) in [4.78, 5) is 21.2. The number of amides is 1. The first-order valence-corrected chi connectivity index (χ1v) is 8.44. The minimum Gasteiger partial charge on any atom is -0.296 e. The van der Waals surface area contributed by atoms with Crippen molar-refractivity contribution >= 4 is 11.7 Å². The molecule has 1 aliphatic rings. The molecule has 1 unspecified atom stereocenters. The monoisotopic (exact) mass is 303 g/mol. The minimum atomic E-state index is 0.125. The highest BCUT2D eigenvalue weighted by Crippen LogP contribution is 2.28. The fourth-order valence-electron chi connectivity index (χ4n) is 3.33. The number of rotatable bonds is 5. The first-order chi connectivity index (χ1) is 10.5. The first-order valence-electron chi connectivity index (χ1n) is 8.44. The van der Waals surface area contributed by atoms with E-state index in [1.165, 1.54) is 19.3 Å². The Balaban J connectivity index is 2.15. The molecule has 0 aliphatic carbocycles. The van der Waals surface area contributed by atoms with E-state index in [4.69, 9.17) is 0 Å². The van der Waals surface area contributed by atoms with Crippen LogP contribution in [0.1, 0.15) is 53.4 Å². The predicted molar refractivity (Wildman–Crippen MR) is 91.0 cm³/mol. The van der Waals surface area contributed by atoms with Gasteiger partial charge in [0.05, 0.1) is 0 Å². The molecule has 22 heavy (non-hydrogen) atoms. The molecule has 0 saturated carbocycles. The van der Waals surface area contributed by atoms with Gasteiger partial charge in [0.25, 0.3) is 0 Å². The van der Waals surface area contributed by atoms with Gasteiger partial charge in [0.1, 0.15) is 5.82 Å². The van der Waals surface area contributed by atoms with Crippen LogP contribution in [0.5, 0.6) is 0 Å². The quantitative estimate of drug-likeness (QED) is 0.835. The van der Waals surface area contributed by atoms with Crippen molar-refractivity contribution in [2.45, 2.75) is 65.0 Å². The van der Waals surface area contributed by atoms with Crippen LogP contribution in [0.15, 0.2) is 24.4 Å². The number of pyridine rings is 1. The fourth-order valence-corrected chi connectivity index (χ4v) is 3.33. The standard InChI is InChI=1S/C18H29N3O/c1-5-17(22)21(16-10-6-8-12-19-16)15(2)14-20-13-9-7-11-18(20,3)4/h6,8,10,12,15H,5,7,9,11,13-14H2,1-4H3. The second kappa shape index (κ2) is 7.23. The summed E-state index contributed by atoms with van der Waals surface area (Å²) in [7, 11) is 0. The predicted octanol–water partition coefficient (Wildman–Crippen LogP) is 3.48. The van der Waals surface area contributed by atoms with Crippen molar-refractivity contribution in [3.8, 4) is 0 Å². The average molecular weight is 303 g/mol. The molecule has 2 heterocycles. The topological polar surface area (TPSA) is 36.4 Å². The number of hydrogen-bond acceptors (Lipinski definition) is 3. The molecule has 122 valence electrons. The van der Waals surface area contributed by atoms with Crippen LogP contribution in [0.25, 0.3) is 0 Å². The molecule has 0 N–H and O–H groups in total. The third-order valence-corrected chi connectivity index (χ3v) is 4.72. The molecule has 0 aromatic carbocycles. The highest BCUT2D eigenvalue weighted by Gasteiger charge is 2.32. The zero-order chi connectivity index (χ0) is 16.2. The molecule has 4 nitrogen and oxygen atoms in total. The summed E-state index contributed by atoms with van der Waals surface area (Å²) < 4.78 is 0. The molecule has 0 spiro atoms. The Bertz CT molecular complexity index is 486. The van der Waals surface area contributed by atoms with Gasteiger partial charge in [-0.2, -0.15) is 0 Å². The lowest BCUT2D eigenvalue weighted by molar-refractivity contribution is -0.119. The summed E-state index contributed by atoms with van der Waals surface area (Å²) in [6.45, 7) is 10.7. The van der Waals surface area contributed by atoms with Crippen LogP contribution in [-0.2, 0) is 4.79 Å². The highest BCUT2D eigenvalue weighted by atomic mass is 16.2. The van der Waals surface area contributed by atoms with Gasteiger partial charge >= 0.3 is 0 Å². The zero-order valence-electron chi connectivity index (χ0n) is 14.4. The third-order valence-electron chi connectivity index (χ3n) is 4.72. The van der Waals surface area contributed by atoms with Crippen molar-refractivity contribution in [1.82, 2.24) is 9.88 Å². The maximum Gasteiger partial charge on any atom is 0.228 e. The number of carbonyl (C=O) groups excluding carboxylic acids is 1. The van der Waals surface area contributed by atoms with E-state index < -0.39 is 0 Å². The first kappa shape index (κ1) is 16.9. The Morgan fingerprint density at radius 1 is 1.41 bits per heavy atom. The molecule has 4 heteroatoms. The van der Waals surface area contributed by atoms with E-state index in [2.05, 4.69) is 30.7 Å². The average Bonchev–Trinajstić information content (AvgIpc) is 2.50. The molecule has 1 fully saturated rings. The van der Waals surface area contributed by atoms with Crippen molar-refractivity contribution < 1.29 is 4.79 Å². The van der Waals surface area contributed by atoms with Crippen molar-refractivity contribution in [2.75, 3.05) is 18.0 Å². The summed E-state index contributed by atoms with van der Waals surface area (Å²) in [6, 6.07) is 5.87. The van der Waals surface area contributed by atoms with E-state index in [1.807, 2.05) is 30.0 Å². The lowest BCUT2D eigenvalue weighted by Gasteiger charge is -2.45. The molecule has 1 aromatic rings. The number of nitrogens with zero attached hydrogens (tertiary/aromatic N) is 3. The van der Waals surface area contributed by atoms with Crippen LogP contribution < -0.4 is 4.90 Å². The van der Waals surface area contributed by atoms with Gasteiger partial charge < -0.3 is 0 Å². The van der Waals surface area contributed by atoms with Gasteiger partial charge in [0.15, 0.2) is 0 Å². The van der Waals surface area contributed by atoms with Gasteiger partial charge in [-0.15, -0.1) is 0 Å². The van der Waals surface area contributed by atoms with Crippen molar-refractivity contribution in [3.05, 3.63) is 24.4 Å². The lowest BCUT2D eigenvalue weighted by atomic mass is 9.90. The smallest absolute Gasteiger partial charge is 0.228 e. The van der Waals surface area contributed by atoms with Crippen LogP contribution in [-0.4, -0.2) is 40.5 Å². The van der Waals surface area contributed by atoms with E-state index in [9.17, 15) is 4.79 Å². The highest BCUT2D eigenvalue weighted by molar-refractivity contribution is 5.92. The van der Waals surface area contributed by atoms with Crippen LogP contribution in [0.3, 0.4) is 0 Å². The molecule has 2 rings (SSSR count). The molecule has 1 aliphatic heterocycles. The van der Waals surface area contributed by atoms with Crippen molar-refractivity contribution in [2.24, 2.45) is 0 Å². The van der Waals surface area contributed by atoms with E-state index in [-0.39, 0.29) is 17.5 Å². The Morgan fingerprint density at radius 3 is 2.77 bits per heavy atom. The Kier molecular flexibility index (Phi) is 5.57. The number of anilines is 1. The number of carbonyl (C=O) groups is 1. The summed E-state index contributed by atoms with van der Waals surface area (Å²) in [5.41, 5.74) is 0.220. The maximum atomic E-state index is 12.4. The summed E-state index contributed by atoms with van der Waals surface area (Å²) in [5.74, 6) is 0.901. The van der Waals surface area contributed by atoms with Crippen molar-refractivity contribution in [1.29, 1.82) is 0 Å². The Morgan fingerprint density at radius 2 is 2.18 bits per heavy atom. The second-order valence-electron chi connectivity index (χ2n) is 6.87. The fraction of sp³-hybridized carbons (Fsp3) is 0.667. The van der Waals surface area contributed by atoms with Crippen LogP contribution >= 0.6 is 0 Å². The number of piperidine rings is 1. The summed E-state index contributed by atoms with van der Waals surface area (Å²) in [6.07, 6.45) is 6.04. The normalized spacial score (nSPS) is 19.6. The Hall–Kier alpha value is -1.42. The second-order valence-corrected chi connectivity index (χ2v) is 6.87. The van der Waals surface area contributed by atoms with Crippen molar-refractivity contribution in [3.63, 3.8) is 0 Å². The number of aromatic nitrogens is 1. The Labute approximate surface area is 134 Å². The van der Waals surface area contributed by atoms with E-state index in [1.54, 1.807) is 6.20 Å². The summed E-state index contributed by atoms with van der Waals surface area (Å²) >= 11 is 0. The summed E-state index contributed by atoms with van der Waals surface area (Å²) in [5, 5.41) is 0. The van der Waals surface area contributed by atoms with Gasteiger partial charge in [-0.1, -0.05) is 19.4 Å². The van der Waals surface area contributed by atoms with Gasteiger partial charge in [-0.25, -0.2) is 4.98 Å². The van der Waals surface area contributed by atoms with Gasteiger partial charge in [-0.3, -0.25) is 14.6 Å². The number of hydrogen-bond donors (Lipinski definition) is 0. The van der Waals surface area contributed by atoms with Crippen LogP contribution in [0.2, 0.25) is 0 Å². The molecule has 1 amide bonds. The minimum absolute atomic E-state index is 0.125. The molecule has 0 radical (unpaired) electrons. The maximum absolute atomic E-state index is 12.4. The largest absolute Gasteiger partial charge is 0.296 e. The molecular formula is C18H29N3O. The SMILES string of the molecule is CCC(=O)N(c1ccccn1)C(C)CN1CCCCC1(C)C. The van der Waals surface area contributed by atoms with Crippen LogP contribution in [0.4, 0.5) is 5.82 Å². The molecule has 1 saturated heterocycles. The zero-order valence-corrected chi connectivity index (χ0v) is 14.4. The molecule has 1 aromatic heterocycles. The van der Waals surface area contributed by atoms with E-state index in [0.29, 0.717) is 6.42 Å². The van der Waals surface area contributed by atoms with E-state index >= 15 is 0 Å². The van der Waals surface area contributed by atoms with Gasteiger partial charge in [0.2, 0.25) is 5.91 Å².